The van der Waals surface area contributed by atoms with E-state index >= 15 is 0 Å². The normalized spacial score (nSPS) is 25.0. The van der Waals surface area contributed by atoms with Gasteiger partial charge >= 0.3 is 0 Å². The molecular weight excluding hydrogens is 346 g/mol. The first-order chi connectivity index (χ1) is 12.0. The summed E-state index contributed by atoms with van der Waals surface area (Å²) >= 11 is 0. The minimum absolute atomic E-state index is 0.000467. The third kappa shape index (κ3) is 4.01. The molecule has 25 heavy (non-hydrogen) atoms. The molecule has 2 saturated heterocycles. The third-order valence-corrected chi connectivity index (χ3v) is 6.51. The van der Waals surface area contributed by atoms with Gasteiger partial charge in [0.2, 0.25) is 10.0 Å². The molecule has 2 heterocycles. The number of nitrogens with zero attached hydrogens (tertiary/aromatic N) is 1. The van der Waals surface area contributed by atoms with E-state index in [0.29, 0.717) is 32.8 Å². The number of nitrogens with one attached hydrogen (secondary N) is 2. The van der Waals surface area contributed by atoms with Crippen molar-refractivity contribution in [1.82, 2.24) is 14.9 Å². The van der Waals surface area contributed by atoms with Crippen LogP contribution in [-0.2, 0) is 14.8 Å². The molecule has 9 heteroatoms. The Kier molecular flexibility index (Phi) is 5.70. The number of hydrogen-bond donors (Lipinski definition) is 3. The Morgan fingerprint density at radius 2 is 2.00 bits per heavy atom. The smallest absolute Gasteiger partial charge is 0.252 e. The first kappa shape index (κ1) is 18.3. The lowest BCUT2D eigenvalue weighted by Crippen LogP contribution is -2.41. The van der Waals surface area contributed by atoms with Crippen molar-refractivity contribution in [2.75, 3.05) is 45.9 Å². The number of aliphatic hydroxyl groups excluding tert-OH is 1. The van der Waals surface area contributed by atoms with Gasteiger partial charge in [0, 0.05) is 38.6 Å². The van der Waals surface area contributed by atoms with Gasteiger partial charge < -0.3 is 20.5 Å². The number of benzene rings is 1. The number of carbonyl (C=O) groups excluding carboxylic acids is 1. The molecule has 1 amide bonds. The second kappa shape index (κ2) is 7.79. The van der Waals surface area contributed by atoms with E-state index in [1.807, 2.05) is 0 Å². The van der Waals surface area contributed by atoms with Crippen molar-refractivity contribution in [3.8, 4) is 0 Å². The highest BCUT2D eigenvalue weighted by Gasteiger charge is 2.31. The average molecular weight is 369 g/mol. The van der Waals surface area contributed by atoms with E-state index in [1.165, 1.54) is 16.4 Å². The van der Waals surface area contributed by atoms with Crippen molar-refractivity contribution < 1.29 is 23.1 Å². The van der Waals surface area contributed by atoms with Crippen LogP contribution >= 0.6 is 0 Å². The highest BCUT2D eigenvalue weighted by atomic mass is 32.2. The van der Waals surface area contributed by atoms with Gasteiger partial charge in [0.1, 0.15) is 0 Å². The van der Waals surface area contributed by atoms with Crippen LogP contribution in [0.25, 0.3) is 0 Å². The molecule has 0 aliphatic carbocycles. The van der Waals surface area contributed by atoms with Gasteiger partial charge in [-0.3, -0.25) is 4.79 Å². The highest BCUT2D eigenvalue weighted by molar-refractivity contribution is 7.89. The van der Waals surface area contributed by atoms with Crippen molar-refractivity contribution in [2.45, 2.75) is 11.0 Å². The maximum atomic E-state index is 12.9. The first-order valence-electron chi connectivity index (χ1n) is 8.34. The van der Waals surface area contributed by atoms with Crippen LogP contribution in [0.3, 0.4) is 0 Å². The zero-order valence-electron chi connectivity index (χ0n) is 13.8. The van der Waals surface area contributed by atoms with Crippen LogP contribution in [0.5, 0.6) is 0 Å². The van der Waals surface area contributed by atoms with Gasteiger partial charge in [0.15, 0.2) is 0 Å². The molecular formula is C16H23N3O5S. The number of carbonyl (C=O) groups is 1. The predicted molar refractivity (Wildman–Crippen MR) is 90.7 cm³/mol. The summed E-state index contributed by atoms with van der Waals surface area (Å²) in [5.74, 6) is -0.529. The maximum absolute atomic E-state index is 12.9. The van der Waals surface area contributed by atoms with E-state index in [0.717, 1.165) is 0 Å². The molecule has 3 rings (SSSR count). The Morgan fingerprint density at radius 3 is 2.68 bits per heavy atom. The summed E-state index contributed by atoms with van der Waals surface area (Å²) in [6.45, 7) is 2.66. The van der Waals surface area contributed by atoms with E-state index in [1.54, 1.807) is 12.1 Å². The van der Waals surface area contributed by atoms with Crippen LogP contribution in [0.4, 0.5) is 0 Å². The number of hydrogen-bond acceptors (Lipinski definition) is 6. The quantitative estimate of drug-likeness (QED) is 0.616. The van der Waals surface area contributed by atoms with E-state index in [4.69, 9.17) is 4.74 Å². The molecule has 0 radical (unpaired) electrons. The summed E-state index contributed by atoms with van der Waals surface area (Å²) in [5.41, 5.74) is 0.120. The topological polar surface area (TPSA) is 108 Å². The fourth-order valence-corrected chi connectivity index (χ4v) is 4.65. The monoisotopic (exact) mass is 369 g/mol. The molecule has 3 N–H and O–H groups in total. The van der Waals surface area contributed by atoms with Gasteiger partial charge in [-0.2, -0.15) is 4.31 Å². The van der Waals surface area contributed by atoms with E-state index in [9.17, 15) is 18.3 Å². The first-order valence-corrected chi connectivity index (χ1v) is 9.78. The van der Waals surface area contributed by atoms with Crippen molar-refractivity contribution >= 4 is 15.9 Å². The Labute approximate surface area is 147 Å². The largest absolute Gasteiger partial charge is 0.391 e. The van der Waals surface area contributed by atoms with Gasteiger partial charge in [0.05, 0.1) is 29.8 Å². The van der Waals surface area contributed by atoms with Crippen LogP contribution in [0.1, 0.15) is 10.4 Å². The number of sulfonamides is 1. The molecule has 2 unspecified atom stereocenters. The molecule has 0 bridgehead atoms. The van der Waals surface area contributed by atoms with E-state index < -0.39 is 22.0 Å². The maximum Gasteiger partial charge on any atom is 0.252 e. The number of amides is 1. The van der Waals surface area contributed by atoms with Crippen molar-refractivity contribution in [2.24, 2.45) is 5.92 Å². The lowest BCUT2D eigenvalue weighted by molar-refractivity contribution is 0.0729. The molecule has 8 nitrogen and oxygen atoms in total. The molecule has 2 aliphatic heterocycles. The standard InChI is InChI=1S/C16H23N3O5S/c20-14-11-17-9-12(14)10-18-16(21)13-3-1-2-4-15(13)25(22,23)19-5-7-24-8-6-19/h1-4,12,14,17,20H,5-11H2,(H,18,21). The van der Waals surface area contributed by atoms with Gasteiger partial charge in [-0.1, -0.05) is 12.1 Å². The van der Waals surface area contributed by atoms with E-state index in [-0.39, 0.29) is 29.5 Å². The molecule has 138 valence electrons. The lowest BCUT2D eigenvalue weighted by Gasteiger charge is -2.26. The number of morpholine rings is 1. The molecule has 0 saturated carbocycles. The lowest BCUT2D eigenvalue weighted by atomic mass is 10.1. The van der Waals surface area contributed by atoms with Crippen molar-refractivity contribution in [3.63, 3.8) is 0 Å². The molecule has 1 aromatic rings. The number of ether oxygens (including phenoxy) is 1. The fourth-order valence-electron chi connectivity index (χ4n) is 3.05. The minimum atomic E-state index is -3.76. The SMILES string of the molecule is O=C(NCC1CNCC1O)c1ccccc1S(=O)(=O)N1CCOCC1. The molecule has 2 fully saturated rings. The molecule has 1 aromatic carbocycles. The second-order valence-corrected chi connectivity index (χ2v) is 8.11. The van der Waals surface area contributed by atoms with Crippen molar-refractivity contribution in [3.05, 3.63) is 29.8 Å². The van der Waals surface area contributed by atoms with Gasteiger partial charge in [0.25, 0.3) is 5.91 Å². The van der Waals surface area contributed by atoms with E-state index in [2.05, 4.69) is 10.6 Å². The Balaban J connectivity index is 1.76. The summed E-state index contributed by atoms with van der Waals surface area (Å²) in [7, 11) is -3.76. The van der Waals surface area contributed by atoms with Gasteiger partial charge in [-0.05, 0) is 12.1 Å². The molecule has 2 atom stereocenters. The zero-order valence-corrected chi connectivity index (χ0v) is 14.7. The summed E-state index contributed by atoms with van der Waals surface area (Å²) < 4.78 is 32.3. The predicted octanol–water partition coefficient (Wildman–Crippen LogP) is -0.982. The number of aliphatic hydroxyl groups is 1. The minimum Gasteiger partial charge on any atom is -0.391 e. The highest BCUT2D eigenvalue weighted by Crippen LogP contribution is 2.21. The molecule has 2 aliphatic rings. The van der Waals surface area contributed by atoms with Crippen molar-refractivity contribution in [1.29, 1.82) is 0 Å². The van der Waals surface area contributed by atoms with Gasteiger partial charge in [-0.15, -0.1) is 0 Å². The van der Waals surface area contributed by atoms with Crippen LogP contribution in [0.15, 0.2) is 29.2 Å². The Morgan fingerprint density at radius 1 is 1.28 bits per heavy atom. The van der Waals surface area contributed by atoms with Crippen LogP contribution in [-0.4, -0.2) is 75.8 Å². The summed E-state index contributed by atoms with van der Waals surface area (Å²) in [6.07, 6.45) is -0.507. The van der Waals surface area contributed by atoms with Gasteiger partial charge in [-0.25, -0.2) is 8.42 Å². The fraction of sp³-hybridized carbons (Fsp3) is 0.562. The third-order valence-electron chi connectivity index (χ3n) is 4.55. The second-order valence-electron chi connectivity index (χ2n) is 6.21. The molecule has 0 aromatic heterocycles. The summed E-state index contributed by atoms with van der Waals surface area (Å²) in [4.78, 5) is 12.5. The molecule has 0 spiro atoms. The Hall–Kier alpha value is -1.52. The van der Waals surface area contributed by atoms with Crippen LogP contribution < -0.4 is 10.6 Å². The van der Waals surface area contributed by atoms with Crippen LogP contribution in [0.2, 0.25) is 0 Å². The average Bonchev–Trinajstić information content (AvgIpc) is 3.05. The number of β-amino-alcohol motifs (C(OH)–C–C–N with tert-alkyl or cyclic N) is 1. The summed E-state index contributed by atoms with van der Waals surface area (Å²) in [5, 5.41) is 15.6. The Bertz CT molecular complexity index is 718. The van der Waals surface area contributed by atoms with Crippen LogP contribution in [0, 0.1) is 5.92 Å². The summed E-state index contributed by atoms with van der Waals surface area (Å²) in [6, 6.07) is 6.20. The number of rotatable bonds is 5. The zero-order chi connectivity index (χ0) is 17.9.